The molecule has 1 heterocycles. The first-order valence-corrected chi connectivity index (χ1v) is 7.26. The third-order valence-electron chi connectivity index (χ3n) is 3.73. The van der Waals surface area contributed by atoms with E-state index in [9.17, 15) is 20.2 Å². The minimum atomic E-state index is -1.19. The van der Waals surface area contributed by atoms with E-state index in [-0.39, 0.29) is 22.8 Å². The van der Waals surface area contributed by atoms with Crippen molar-refractivity contribution in [1.82, 2.24) is 9.97 Å². The summed E-state index contributed by atoms with van der Waals surface area (Å²) in [4.78, 5) is 30.4. The summed E-state index contributed by atoms with van der Waals surface area (Å²) in [5.41, 5.74) is 1.03. The number of benzene rings is 2. The number of aromatic nitrogens is 2. The minimum absolute atomic E-state index is 0.0406. The zero-order valence-electron chi connectivity index (χ0n) is 13.1. The molecule has 1 aromatic heterocycles. The third-order valence-corrected chi connectivity index (χ3v) is 3.73. The zero-order chi connectivity index (χ0) is 18.0. The summed E-state index contributed by atoms with van der Waals surface area (Å²) in [6.45, 7) is 0. The number of aromatic amines is 1. The number of ether oxygens (including phenoxy) is 1. The average molecular weight is 336 g/mol. The van der Waals surface area contributed by atoms with Gasteiger partial charge in [-0.25, -0.2) is 4.98 Å². The quantitative estimate of drug-likeness (QED) is 0.434. The predicted octanol–water partition coefficient (Wildman–Crippen LogP) is 2.97. The van der Waals surface area contributed by atoms with Gasteiger partial charge in [0.05, 0.1) is 29.1 Å². The summed E-state index contributed by atoms with van der Waals surface area (Å²) in [5, 5.41) is 20.5. The number of nitro groups is 1. The number of para-hydroxylation sites is 2. The fourth-order valence-corrected chi connectivity index (χ4v) is 2.51. The minimum Gasteiger partial charge on any atom is -0.490 e. The smallest absolute Gasteiger partial charge is 0.311 e. The van der Waals surface area contributed by atoms with Gasteiger partial charge in [0, 0.05) is 11.6 Å². The molecule has 0 saturated heterocycles. The van der Waals surface area contributed by atoms with Crippen LogP contribution in [0.25, 0.3) is 11.0 Å². The van der Waals surface area contributed by atoms with Crippen LogP contribution in [0.4, 0.5) is 5.69 Å². The number of ketones is 1. The Morgan fingerprint density at radius 2 is 2.12 bits per heavy atom. The molecule has 0 spiro atoms. The average Bonchev–Trinajstić information content (AvgIpc) is 3.05. The number of hydrogen-bond donors (Lipinski definition) is 1. The van der Waals surface area contributed by atoms with Crippen LogP contribution in [-0.2, 0) is 0 Å². The van der Waals surface area contributed by atoms with Crippen molar-refractivity contribution in [3.8, 4) is 11.8 Å². The number of rotatable bonds is 5. The van der Waals surface area contributed by atoms with Crippen LogP contribution < -0.4 is 4.74 Å². The Hall–Kier alpha value is -3.73. The first-order valence-electron chi connectivity index (χ1n) is 7.26. The molecule has 0 aliphatic heterocycles. The molecule has 25 heavy (non-hydrogen) atoms. The Labute approximate surface area is 141 Å². The summed E-state index contributed by atoms with van der Waals surface area (Å²) < 4.78 is 4.92. The Balaban J connectivity index is 2.02. The van der Waals surface area contributed by atoms with Gasteiger partial charge in [0.15, 0.2) is 17.5 Å². The van der Waals surface area contributed by atoms with Gasteiger partial charge in [-0.2, -0.15) is 5.26 Å². The van der Waals surface area contributed by atoms with Crippen molar-refractivity contribution in [2.45, 2.75) is 5.92 Å². The van der Waals surface area contributed by atoms with Gasteiger partial charge in [-0.15, -0.1) is 0 Å². The lowest BCUT2D eigenvalue weighted by Crippen LogP contribution is -2.13. The highest BCUT2D eigenvalue weighted by Gasteiger charge is 2.27. The molecule has 3 rings (SSSR count). The number of carbonyl (C=O) groups is 1. The fourth-order valence-electron chi connectivity index (χ4n) is 2.51. The number of nitriles is 1. The van der Waals surface area contributed by atoms with Crippen LogP contribution in [0.3, 0.4) is 0 Å². The van der Waals surface area contributed by atoms with Crippen molar-refractivity contribution in [3.05, 3.63) is 64.0 Å². The van der Waals surface area contributed by atoms with Gasteiger partial charge in [0.1, 0.15) is 5.82 Å². The lowest BCUT2D eigenvalue weighted by Gasteiger charge is -2.07. The van der Waals surface area contributed by atoms with Crippen LogP contribution in [-0.4, -0.2) is 27.8 Å². The van der Waals surface area contributed by atoms with Gasteiger partial charge in [-0.1, -0.05) is 12.1 Å². The summed E-state index contributed by atoms with van der Waals surface area (Å²) in [6, 6.07) is 12.9. The van der Waals surface area contributed by atoms with Gasteiger partial charge in [0.25, 0.3) is 0 Å². The van der Waals surface area contributed by atoms with Crippen LogP contribution in [0.15, 0.2) is 42.5 Å². The van der Waals surface area contributed by atoms with E-state index in [4.69, 9.17) is 4.74 Å². The highest BCUT2D eigenvalue weighted by Crippen LogP contribution is 2.30. The van der Waals surface area contributed by atoms with Crippen molar-refractivity contribution in [2.75, 3.05) is 7.11 Å². The van der Waals surface area contributed by atoms with E-state index in [1.165, 1.54) is 19.2 Å². The Morgan fingerprint density at radius 1 is 1.36 bits per heavy atom. The largest absolute Gasteiger partial charge is 0.490 e. The Kier molecular flexibility index (Phi) is 4.14. The summed E-state index contributed by atoms with van der Waals surface area (Å²) in [7, 11) is 1.30. The molecule has 0 saturated carbocycles. The first kappa shape index (κ1) is 16.1. The number of Topliss-reactive ketones (excluding diaryl/α,β-unsaturated/α-hetero) is 1. The monoisotopic (exact) mass is 336 g/mol. The maximum Gasteiger partial charge on any atom is 0.311 e. The number of nitrogens with one attached hydrogen (secondary N) is 1. The van der Waals surface area contributed by atoms with Gasteiger partial charge >= 0.3 is 5.69 Å². The highest BCUT2D eigenvalue weighted by molar-refractivity contribution is 6.03. The summed E-state index contributed by atoms with van der Waals surface area (Å²) in [5.74, 6) is -1.53. The van der Waals surface area contributed by atoms with Crippen LogP contribution in [0, 0.1) is 21.4 Å². The number of nitrogens with zero attached hydrogens (tertiary/aromatic N) is 3. The fraction of sp³-hybridized carbons (Fsp3) is 0.118. The second-order valence-corrected chi connectivity index (χ2v) is 5.21. The molecule has 0 radical (unpaired) electrons. The topological polar surface area (TPSA) is 122 Å². The molecule has 8 nitrogen and oxygen atoms in total. The van der Waals surface area contributed by atoms with E-state index in [1.807, 2.05) is 6.07 Å². The van der Waals surface area contributed by atoms with Crippen molar-refractivity contribution < 1.29 is 14.5 Å². The molecule has 124 valence electrons. The second-order valence-electron chi connectivity index (χ2n) is 5.21. The van der Waals surface area contributed by atoms with E-state index in [1.54, 1.807) is 24.3 Å². The molecule has 0 unspecified atom stereocenters. The highest BCUT2D eigenvalue weighted by atomic mass is 16.6. The molecule has 1 atom stereocenters. The predicted molar refractivity (Wildman–Crippen MR) is 88.4 cm³/mol. The first-order chi connectivity index (χ1) is 12.0. The van der Waals surface area contributed by atoms with Crippen LogP contribution in [0.2, 0.25) is 0 Å². The molecule has 0 bridgehead atoms. The molecule has 0 aliphatic carbocycles. The Bertz CT molecular complexity index is 986. The third kappa shape index (κ3) is 2.90. The molecule has 1 N–H and O–H groups in total. The van der Waals surface area contributed by atoms with Gasteiger partial charge in [0.2, 0.25) is 0 Å². The number of fused-ring (bicyclic) bond motifs is 1. The second kappa shape index (κ2) is 6.41. The normalized spacial score (nSPS) is 11.7. The lowest BCUT2D eigenvalue weighted by atomic mass is 9.97. The standard InChI is InChI=1S/C17H12N4O4/c1-25-15-7-6-10(8-14(15)21(23)24)16(22)11(9-18)17-19-12-4-2-3-5-13(12)20-17/h2-8,11H,1H3,(H,19,20)/t11-/m1/s1. The maximum atomic E-state index is 12.7. The number of H-pyrrole nitrogens is 1. The number of imidazole rings is 1. The number of hydrogen-bond acceptors (Lipinski definition) is 6. The van der Waals surface area contributed by atoms with E-state index in [0.717, 1.165) is 6.07 Å². The van der Waals surface area contributed by atoms with Crippen molar-refractivity contribution in [1.29, 1.82) is 5.26 Å². The molecule has 0 aliphatic rings. The molecule has 3 aromatic rings. The van der Waals surface area contributed by atoms with Gasteiger partial charge < -0.3 is 9.72 Å². The Morgan fingerprint density at radius 3 is 2.76 bits per heavy atom. The van der Waals surface area contributed by atoms with Gasteiger partial charge in [-0.05, 0) is 24.3 Å². The van der Waals surface area contributed by atoms with Crippen molar-refractivity contribution in [3.63, 3.8) is 0 Å². The number of carbonyl (C=O) groups excluding carboxylic acids is 1. The lowest BCUT2D eigenvalue weighted by molar-refractivity contribution is -0.385. The van der Waals surface area contributed by atoms with E-state index in [0.29, 0.717) is 11.0 Å². The molecule has 8 heteroatoms. The van der Waals surface area contributed by atoms with Gasteiger partial charge in [-0.3, -0.25) is 14.9 Å². The van der Waals surface area contributed by atoms with E-state index >= 15 is 0 Å². The molecular weight excluding hydrogens is 324 g/mol. The SMILES string of the molecule is COc1ccc(C(=O)[C@@H](C#N)c2nc3ccccc3[nH]2)cc1[N+](=O)[O-]. The number of nitro benzene ring substituents is 1. The van der Waals surface area contributed by atoms with Crippen molar-refractivity contribution in [2.24, 2.45) is 0 Å². The zero-order valence-corrected chi connectivity index (χ0v) is 13.1. The van der Waals surface area contributed by atoms with Crippen LogP contribution in [0.1, 0.15) is 22.1 Å². The maximum absolute atomic E-state index is 12.7. The van der Waals surface area contributed by atoms with E-state index in [2.05, 4.69) is 9.97 Å². The summed E-state index contributed by atoms with van der Waals surface area (Å²) >= 11 is 0. The van der Waals surface area contributed by atoms with Crippen molar-refractivity contribution >= 4 is 22.5 Å². The summed E-state index contributed by atoms with van der Waals surface area (Å²) in [6.07, 6.45) is 0. The molecular formula is C17H12N4O4. The molecule has 0 fully saturated rings. The molecule has 2 aromatic carbocycles. The molecule has 0 amide bonds. The van der Waals surface area contributed by atoms with Crippen LogP contribution >= 0.6 is 0 Å². The van der Waals surface area contributed by atoms with Crippen LogP contribution in [0.5, 0.6) is 5.75 Å². The van der Waals surface area contributed by atoms with E-state index < -0.39 is 16.6 Å². The number of methoxy groups -OCH3 is 1.